The van der Waals surface area contributed by atoms with Crippen LogP contribution in [0.2, 0.25) is 0 Å². The molecule has 0 aliphatic heterocycles. The zero-order valence-electron chi connectivity index (χ0n) is 17.0. The van der Waals surface area contributed by atoms with Gasteiger partial charge in [-0.1, -0.05) is 24.3 Å². The van der Waals surface area contributed by atoms with Crippen LogP contribution in [0.1, 0.15) is 20.9 Å². The second kappa shape index (κ2) is 8.62. The van der Waals surface area contributed by atoms with Crippen molar-refractivity contribution in [3.8, 4) is 11.5 Å². The highest BCUT2D eigenvalue weighted by Gasteiger charge is 2.23. The van der Waals surface area contributed by atoms with Gasteiger partial charge in [-0.2, -0.15) is 0 Å². The van der Waals surface area contributed by atoms with Crippen LogP contribution >= 0.6 is 0 Å². The molecular weight excluding hydrogens is 396 g/mol. The lowest BCUT2D eigenvalue weighted by molar-refractivity contribution is 0.0999. The number of amides is 2. The van der Waals surface area contributed by atoms with E-state index >= 15 is 0 Å². The van der Waals surface area contributed by atoms with Gasteiger partial charge >= 0.3 is 0 Å². The number of carbonyl (C=O) groups is 2. The quantitative estimate of drug-likeness (QED) is 0.464. The fraction of sp³-hybridized carbons (Fsp3) is 0.0833. The maximum absolute atomic E-state index is 13.0. The highest BCUT2D eigenvalue weighted by atomic mass is 16.5. The van der Waals surface area contributed by atoms with Crippen molar-refractivity contribution in [2.24, 2.45) is 0 Å². The molecule has 0 aliphatic carbocycles. The molecule has 0 radical (unpaired) electrons. The van der Waals surface area contributed by atoms with Gasteiger partial charge in [-0.05, 0) is 48.5 Å². The number of para-hydroxylation sites is 3. The van der Waals surface area contributed by atoms with E-state index in [4.69, 9.17) is 13.9 Å². The number of furan rings is 1. The lowest BCUT2D eigenvalue weighted by Gasteiger charge is -2.10. The van der Waals surface area contributed by atoms with Gasteiger partial charge in [-0.25, -0.2) is 0 Å². The molecule has 2 N–H and O–H groups in total. The van der Waals surface area contributed by atoms with Crippen molar-refractivity contribution in [3.63, 3.8) is 0 Å². The number of benzene rings is 3. The summed E-state index contributed by atoms with van der Waals surface area (Å²) >= 11 is 0. The third-order valence-electron chi connectivity index (χ3n) is 4.75. The van der Waals surface area contributed by atoms with Crippen molar-refractivity contribution in [2.75, 3.05) is 24.9 Å². The molecule has 0 atom stereocenters. The summed E-state index contributed by atoms with van der Waals surface area (Å²) in [5.74, 6) is 0.262. The Labute approximate surface area is 178 Å². The maximum Gasteiger partial charge on any atom is 0.293 e. The predicted molar refractivity (Wildman–Crippen MR) is 118 cm³/mol. The topological polar surface area (TPSA) is 89.8 Å². The molecule has 2 amide bonds. The molecule has 7 nitrogen and oxygen atoms in total. The lowest BCUT2D eigenvalue weighted by atomic mass is 10.1. The Morgan fingerprint density at radius 2 is 1.48 bits per heavy atom. The number of nitrogens with one attached hydrogen (secondary N) is 2. The summed E-state index contributed by atoms with van der Waals surface area (Å²) in [5.41, 5.74) is 1.69. The average molecular weight is 416 g/mol. The van der Waals surface area contributed by atoms with Gasteiger partial charge in [-0.3, -0.25) is 9.59 Å². The molecule has 1 heterocycles. The zero-order valence-corrected chi connectivity index (χ0v) is 17.0. The molecule has 1 aromatic heterocycles. The third-order valence-corrected chi connectivity index (χ3v) is 4.75. The van der Waals surface area contributed by atoms with Crippen molar-refractivity contribution in [2.45, 2.75) is 0 Å². The van der Waals surface area contributed by atoms with Crippen molar-refractivity contribution >= 4 is 34.2 Å². The highest BCUT2D eigenvalue weighted by Crippen LogP contribution is 2.33. The Balaban J connectivity index is 1.68. The normalized spacial score (nSPS) is 10.5. The van der Waals surface area contributed by atoms with Crippen LogP contribution in [0.25, 0.3) is 11.0 Å². The summed E-state index contributed by atoms with van der Waals surface area (Å²) in [4.78, 5) is 25.9. The molecule has 7 heteroatoms. The van der Waals surface area contributed by atoms with Crippen LogP contribution in [0.15, 0.2) is 77.2 Å². The number of anilines is 2. The molecule has 31 heavy (non-hydrogen) atoms. The van der Waals surface area contributed by atoms with Crippen LogP contribution in [0.3, 0.4) is 0 Å². The van der Waals surface area contributed by atoms with Gasteiger partial charge < -0.3 is 24.5 Å². The monoisotopic (exact) mass is 416 g/mol. The van der Waals surface area contributed by atoms with Crippen molar-refractivity contribution in [1.29, 1.82) is 0 Å². The molecule has 0 saturated heterocycles. The number of hydrogen-bond donors (Lipinski definition) is 2. The summed E-state index contributed by atoms with van der Waals surface area (Å²) in [6, 6.07) is 20.8. The van der Waals surface area contributed by atoms with Gasteiger partial charge in [0, 0.05) is 10.9 Å². The van der Waals surface area contributed by atoms with E-state index in [2.05, 4.69) is 10.6 Å². The van der Waals surface area contributed by atoms with Gasteiger partial charge in [0.05, 0.1) is 19.9 Å². The van der Waals surface area contributed by atoms with Gasteiger partial charge in [0.25, 0.3) is 11.8 Å². The Kier molecular flexibility index (Phi) is 5.57. The van der Waals surface area contributed by atoms with Gasteiger partial charge in [-0.15, -0.1) is 0 Å². The number of methoxy groups -OCH3 is 2. The maximum atomic E-state index is 13.0. The first-order valence-corrected chi connectivity index (χ1v) is 9.52. The average Bonchev–Trinajstić information content (AvgIpc) is 3.18. The fourth-order valence-corrected chi connectivity index (χ4v) is 3.18. The Bertz CT molecular complexity index is 1240. The Hall–Kier alpha value is -4.26. The molecule has 4 aromatic rings. The molecule has 0 aliphatic rings. The first-order valence-electron chi connectivity index (χ1n) is 9.52. The van der Waals surface area contributed by atoms with Crippen LogP contribution in [-0.2, 0) is 0 Å². The summed E-state index contributed by atoms with van der Waals surface area (Å²) in [7, 11) is 3.08. The number of rotatable bonds is 6. The third kappa shape index (κ3) is 4.06. The van der Waals surface area contributed by atoms with Crippen LogP contribution in [0, 0.1) is 0 Å². The highest BCUT2D eigenvalue weighted by molar-refractivity contribution is 6.17. The van der Waals surface area contributed by atoms with Crippen molar-refractivity contribution in [1.82, 2.24) is 0 Å². The van der Waals surface area contributed by atoms with E-state index < -0.39 is 5.91 Å². The van der Waals surface area contributed by atoms with E-state index in [1.165, 1.54) is 7.11 Å². The molecule has 3 aromatic carbocycles. The fourth-order valence-electron chi connectivity index (χ4n) is 3.18. The van der Waals surface area contributed by atoms with E-state index in [1.54, 1.807) is 73.8 Å². The number of ether oxygens (including phenoxy) is 2. The molecule has 0 fully saturated rings. The molecule has 0 spiro atoms. The second-order valence-corrected chi connectivity index (χ2v) is 6.64. The van der Waals surface area contributed by atoms with Crippen LogP contribution < -0.4 is 20.1 Å². The minimum Gasteiger partial charge on any atom is -0.497 e. The van der Waals surface area contributed by atoms with E-state index in [1.807, 2.05) is 6.07 Å². The SMILES string of the molecule is COc1ccc(C(=O)Nc2c(C(=O)Nc3ccccc3OC)oc3ccccc23)cc1. The van der Waals surface area contributed by atoms with Crippen molar-refractivity contribution in [3.05, 3.63) is 84.1 Å². The molecule has 0 unspecified atom stereocenters. The summed E-state index contributed by atoms with van der Waals surface area (Å²) in [6.45, 7) is 0. The van der Waals surface area contributed by atoms with Crippen LogP contribution in [-0.4, -0.2) is 26.0 Å². The molecule has 0 bridgehead atoms. The summed E-state index contributed by atoms with van der Waals surface area (Å²) in [6.07, 6.45) is 0. The first kappa shape index (κ1) is 20.0. The second-order valence-electron chi connectivity index (χ2n) is 6.64. The minimum atomic E-state index is -0.509. The molecular formula is C24H20N2O5. The largest absolute Gasteiger partial charge is 0.497 e. The lowest BCUT2D eigenvalue weighted by Crippen LogP contribution is -2.17. The van der Waals surface area contributed by atoms with E-state index in [-0.39, 0.29) is 11.7 Å². The molecule has 156 valence electrons. The Morgan fingerprint density at radius 3 is 2.23 bits per heavy atom. The van der Waals surface area contributed by atoms with Gasteiger partial charge in [0.1, 0.15) is 22.8 Å². The minimum absolute atomic E-state index is 0.00559. The number of hydrogen-bond acceptors (Lipinski definition) is 5. The predicted octanol–water partition coefficient (Wildman–Crippen LogP) is 4.95. The molecule has 4 rings (SSSR count). The molecule has 0 saturated carbocycles. The van der Waals surface area contributed by atoms with Gasteiger partial charge in [0.15, 0.2) is 0 Å². The van der Waals surface area contributed by atoms with E-state index in [0.717, 1.165) is 0 Å². The van der Waals surface area contributed by atoms with Gasteiger partial charge in [0.2, 0.25) is 5.76 Å². The standard InChI is InChI=1S/C24H20N2O5/c1-29-16-13-11-15(12-14-16)23(27)26-21-17-7-3-5-9-19(17)31-22(21)24(28)25-18-8-4-6-10-20(18)30-2/h3-14H,1-2H3,(H,25,28)(H,26,27). The van der Waals surface area contributed by atoms with E-state index in [9.17, 15) is 9.59 Å². The number of fused-ring (bicyclic) bond motifs is 1. The Morgan fingerprint density at radius 1 is 0.774 bits per heavy atom. The van der Waals surface area contributed by atoms with Crippen LogP contribution in [0.4, 0.5) is 11.4 Å². The van der Waals surface area contributed by atoms with E-state index in [0.29, 0.717) is 39.4 Å². The number of carbonyl (C=O) groups excluding carboxylic acids is 2. The first-order chi connectivity index (χ1) is 15.1. The smallest absolute Gasteiger partial charge is 0.293 e. The summed E-state index contributed by atoms with van der Waals surface area (Å²) in [5, 5.41) is 6.22. The van der Waals surface area contributed by atoms with Crippen molar-refractivity contribution < 1.29 is 23.5 Å². The summed E-state index contributed by atoms with van der Waals surface area (Å²) < 4.78 is 16.2. The van der Waals surface area contributed by atoms with Crippen LogP contribution in [0.5, 0.6) is 11.5 Å². The zero-order chi connectivity index (χ0) is 21.8.